The molecular formula is C12H24N2O2. The first-order chi connectivity index (χ1) is 7.86. The minimum Gasteiger partial charge on any atom is -0.381 e. The van der Waals surface area contributed by atoms with E-state index in [0.29, 0.717) is 18.0 Å². The minimum atomic E-state index is 0.483. The average molecular weight is 228 g/mol. The predicted octanol–water partition coefficient (Wildman–Crippen LogP) is 0.461. The van der Waals surface area contributed by atoms with Gasteiger partial charge in [-0.2, -0.15) is 0 Å². The molecule has 94 valence electrons. The quantitative estimate of drug-likeness (QED) is 0.759. The van der Waals surface area contributed by atoms with Crippen LogP contribution in [0.25, 0.3) is 0 Å². The lowest BCUT2D eigenvalue weighted by atomic mass is 9.95. The molecule has 2 fully saturated rings. The SMILES string of the molecule is CCC1COCCN1C(CN)C1CCOC1. The van der Waals surface area contributed by atoms with Crippen LogP contribution in [-0.4, -0.2) is 56.5 Å². The molecule has 0 aliphatic carbocycles. The predicted molar refractivity (Wildman–Crippen MR) is 63.4 cm³/mol. The van der Waals surface area contributed by atoms with Crippen molar-refractivity contribution in [2.45, 2.75) is 31.8 Å². The number of morpholine rings is 1. The summed E-state index contributed by atoms with van der Waals surface area (Å²) in [5.74, 6) is 0.622. The van der Waals surface area contributed by atoms with Crippen LogP contribution >= 0.6 is 0 Å². The molecular weight excluding hydrogens is 204 g/mol. The van der Waals surface area contributed by atoms with E-state index in [1.165, 1.54) is 0 Å². The lowest BCUT2D eigenvalue weighted by Crippen LogP contribution is -2.55. The summed E-state index contributed by atoms with van der Waals surface area (Å²) < 4.78 is 11.0. The van der Waals surface area contributed by atoms with Crippen LogP contribution in [0.1, 0.15) is 19.8 Å². The van der Waals surface area contributed by atoms with Crippen molar-refractivity contribution in [3.63, 3.8) is 0 Å². The Morgan fingerprint density at radius 1 is 1.31 bits per heavy atom. The molecule has 0 aromatic carbocycles. The fraction of sp³-hybridized carbons (Fsp3) is 1.00. The molecule has 2 aliphatic rings. The van der Waals surface area contributed by atoms with Crippen molar-refractivity contribution in [1.29, 1.82) is 0 Å². The van der Waals surface area contributed by atoms with Crippen molar-refractivity contribution in [3.05, 3.63) is 0 Å². The average Bonchev–Trinajstić information content (AvgIpc) is 2.84. The van der Waals surface area contributed by atoms with E-state index in [2.05, 4.69) is 11.8 Å². The highest BCUT2D eigenvalue weighted by Gasteiger charge is 2.34. The summed E-state index contributed by atoms with van der Waals surface area (Å²) in [5, 5.41) is 0. The Morgan fingerprint density at radius 3 is 2.75 bits per heavy atom. The topological polar surface area (TPSA) is 47.7 Å². The Hall–Kier alpha value is -0.160. The number of rotatable bonds is 4. The van der Waals surface area contributed by atoms with Crippen LogP contribution in [0.3, 0.4) is 0 Å². The molecule has 0 aromatic heterocycles. The van der Waals surface area contributed by atoms with Crippen molar-refractivity contribution in [2.75, 3.05) is 39.5 Å². The largest absolute Gasteiger partial charge is 0.381 e. The summed E-state index contributed by atoms with van der Waals surface area (Å²) in [6.07, 6.45) is 2.31. The maximum atomic E-state index is 5.96. The third-order valence-corrected chi connectivity index (χ3v) is 3.92. The monoisotopic (exact) mass is 228 g/mol. The van der Waals surface area contributed by atoms with Crippen LogP contribution in [0.5, 0.6) is 0 Å². The van der Waals surface area contributed by atoms with Gasteiger partial charge in [0, 0.05) is 37.7 Å². The summed E-state index contributed by atoms with van der Waals surface area (Å²) in [7, 11) is 0. The zero-order valence-electron chi connectivity index (χ0n) is 10.2. The summed E-state index contributed by atoms with van der Waals surface area (Å²) in [5.41, 5.74) is 5.96. The highest BCUT2D eigenvalue weighted by Crippen LogP contribution is 2.24. The standard InChI is InChI=1S/C12H24N2O2/c1-2-11-9-16-6-4-14(11)12(7-13)10-3-5-15-8-10/h10-12H,2-9,13H2,1H3. The molecule has 2 saturated heterocycles. The van der Waals surface area contributed by atoms with Gasteiger partial charge in [0.2, 0.25) is 0 Å². The first-order valence-electron chi connectivity index (χ1n) is 6.48. The van der Waals surface area contributed by atoms with E-state index in [9.17, 15) is 0 Å². The number of nitrogens with zero attached hydrogens (tertiary/aromatic N) is 1. The number of ether oxygens (including phenoxy) is 2. The summed E-state index contributed by atoms with van der Waals surface area (Å²) in [4.78, 5) is 2.56. The summed E-state index contributed by atoms with van der Waals surface area (Å²) >= 11 is 0. The molecule has 0 spiro atoms. The number of hydrogen-bond acceptors (Lipinski definition) is 4. The maximum absolute atomic E-state index is 5.96. The molecule has 16 heavy (non-hydrogen) atoms. The fourth-order valence-corrected chi connectivity index (χ4v) is 2.91. The smallest absolute Gasteiger partial charge is 0.0622 e. The van der Waals surface area contributed by atoms with Crippen molar-refractivity contribution in [1.82, 2.24) is 4.90 Å². The van der Waals surface area contributed by atoms with Crippen LogP contribution in [0.15, 0.2) is 0 Å². The Labute approximate surface area is 98.1 Å². The van der Waals surface area contributed by atoms with Gasteiger partial charge in [0.1, 0.15) is 0 Å². The zero-order valence-corrected chi connectivity index (χ0v) is 10.2. The maximum Gasteiger partial charge on any atom is 0.0622 e. The molecule has 3 atom stereocenters. The van der Waals surface area contributed by atoms with E-state index in [-0.39, 0.29) is 0 Å². The molecule has 0 amide bonds. The van der Waals surface area contributed by atoms with Gasteiger partial charge < -0.3 is 15.2 Å². The number of nitrogens with two attached hydrogens (primary N) is 1. The number of hydrogen-bond donors (Lipinski definition) is 1. The zero-order chi connectivity index (χ0) is 11.4. The van der Waals surface area contributed by atoms with Crippen molar-refractivity contribution >= 4 is 0 Å². The molecule has 0 aromatic rings. The molecule has 2 N–H and O–H groups in total. The summed E-state index contributed by atoms with van der Waals surface area (Å²) in [6, 6.07) is 1.03. The van der Waals surface area contributed by atoms with Crippen LogP contribution in [0, 0.1) is 5.92 Å². The highest BCUT2D eigenvalue weighted by molar-refractivity contribution is 4.87. The Bertz CT molecular complexity index is 205. The fourth-order valence-electron chi connectivity index (χ4n) is 2.91. The Balaban J connectivity index is 1.99. The molecule has 4 nitrogen and oxygen atoms in total. The molecule has 3 unspecified atom stereocenters. The molecule has 2 rings (SSSR count). The van der Waals surface area contributed by atoms with Gasteiger partial charge in [-0.15, -0.1) is 0 Å². The molecule has 0 bridgehead atoms. The second kappa shape index (κ2) is 5.96. The van der Waals surface area contributed by atoms with Crippen LogP contribution in [-0.2, 0) is 9.47 Å². The molecule has 0 saturated carbocycles. The van der Waals surface area contributed by atoms with Gasteiger partial charge in [0.25, 0.3) is 0 Å². The molecule has 2 heterocycles. The molecule has 0 radical (unpaired) electrons. The first kappa shape index (κ1) is 12.3. The van der Waals surface area contributed by atoms with E-state index < -0.39 is 0 Å². The van der Waals surface area contributed by atoms with E-state index >= 15 is 0 Å². The van der Waals surface area contributed by atoms with Crippen molar-refractivity contribution in [2.24, 2.45) is 11.7 Å². The van der Waals surface area contributed by atoms with Gasteiger partial charge in [-0.3, -0.25) is 4.90 Å². The van der Waals surface area contributed by atoms with E-state index in [4.69, 9.17) is 15.2 Å². The van der Waals surface area contributed by atoms with Gasteiger partial charge in [0.05, 0.1) is 19.8 Å². The van der Waals surface area contributed by atoms with E-state index in [0.717, 1.165) is 52.4 Å². The van der Waals surface area contributed by atoms with Crippen LogP contribution in [0.2, 0.25) is 0 Å². The van der Waals surface area contributed by atoms with Gasteiger partial charge in [-0.1, -0.05) is 6.92 Å². The first-order valence-corrected chi connectivity index (χ1v) is 6.48. The summed E-state index contributed by atoms with van der Waals surface area (Å²) in [6.45, 7) is 7.49. The lowest BCUT2D eigenvalue weighted by Gasteiger charge is -2.42. The van der Waals surface area contributed by atoms with Gasteiger partial charge in [-0.05, 0) is 12.8 Å². The molecule has 4 heteroatoms. The third-order valence-electron chi connectivity index (χ3n) is 3.92. The molecule has 2 aliphatic heterocycles. The minimum absolute atomic E-state index is 0.483. The van der Waals surface area contributed by atoms with E-state index in [1.54, 1.807) is 0 Å². The van der Waals surface area contributed by atoms with Crippen molar-refractivity contribution < 1.29 is 9.47 Å². The normalized spacial score (nSPS) is 34.1. The second-order valence-corrected chi connectivity index (χ2v) is 4.80. The van der Waals surface area contributed by atoms with Gasteiger partial charge in [0.15, 0.2) is 0 Å². The van der Waals surface area contributed by atoms with Crippen LogP contribution in [0.4, 0.5) is 0 Å². The highest BCUT2D eigenvalue weighted by atomic mass is 16.5. The van der Waals surface area contributed by atoms with Crippen LogP contribution < -0.4 is 5.73 Å². The Kier molecular flexibility index (Phi) is 4.58. The third kappa shape index (κ3) is 2.56. The van der Waals surface area contributed by atoms with Crippen molar-refractivity contribution in [3.8, 4) is 0 Å². The second-order valence-electron chi connectivity index (χ2n) is 4.80. The van der Waals surface area contributed by atoms with Gasteiger partial charge >= 0.3 is 0 Å². The van der Waals surface area contributed by atoms with E-state index in [1.807, 2.05) is 0 Å². The lowest BCUT2D eigenvalue weighted by molar-refractivity contribution is -0.0409. The van der Waals surface area contributed by atoms with Gasteiger partial charge in [-0.25, -0.2) is 0 Å². The Morgan fingerprint density at radius 2 is 2.12 bits per heavy atom.